The van der Waals surface area contributed by atoms with Gasteiger partial charge in [-0.2, -0.15) is 0 Å². The summed E-state index contributed by atoms with van der Waals surface area (Å²) in [6, 6.07) is 21.9. The van der Waals surface area contributed by atoms with Crippen LogP contribution in [-0.4, -0.2) is 19.7 Å². The molecule has 0 saturated heterocycles. The maximum atomic E-state index is 13.1. The van der Waals surface area contributed by atoms with Gasteiger partial charge in [0.05, 0.1) is 7.11 Å². The van der Waals surface area contributed by atoms with Crippen LogP contribution < -0.4 is 14.8 Å². The lowest BCUT2D eigenvalue weighted by atomic mass is 9.98. The molecule has 0 radical (unpaired) electrons. The lowest BCUT2D eigenvalue weighted by Gasteiger charge is -2.20. The van der Waals surface area contributed by atoms with Crippen molar-refractivity contribution in [3.8, 4) is 17.2 Å². The minimum Gasteiger partial charge on any atom is -0.493 e. The summed E-state index contributed by atoms with van der Waals surface area (Å²) in [7, 11) is 1.68. The van der Waals surface area contributed by atoms with E-state index < -0.39 is 0 Å². The summed E-state index contributed by atoms with van der Waals surface area (Å²) in [6.07, 6.45) is 7.51. The molecule has 32 heavy (non-hydrogen) atoms. The highest BCUT2D eigenvalue weighted by molar-refractivity contribution is 5.46. The van der Waals surface area contributed by atoms with Gasteiger partial charge >= 0.3 is 0 Å². The van der Waals surface area contributed by atoms with Gasteiger partial charge in [-0.15, -0.1) is 0 Å². The van der Waals surface area contributed by atoms with Gasteiger partial charge < -0.3 is 14.8 Å². The molecule has 0 amide bonds. The Labute approximate surface area is 190 Å². The summed E-state index contributed by atoms with van der Waals surface area (Å²) < 4.78 is 24.9. The maximum absolute atomic E-state index is 13.1. The van der Waals surface area contributed by atoms with E-state index in [0.717, 1.165) is 67.9 Å². The van der Waals surface area contributed by atoms with Gasteiger partial charge in [0, 0.05) is 6.04 Å². The zero-order valence-electron chi connectivity index (χ0n) is 18.8. The standard InChI is InChI=1S/C28H32FNO2/c1-31-27-16-12-23-11-15-25(30-18-17-21-9-13-24(29)14-10-21)7-3-2-5-22-6-4-8-26(19-22)32-28(27)20-23/h4,6,8-10,12-14,16,19-20,25,30H,2-3,5,7,11,15,17-18H2,1H3. The van der Waals surface area contributed by atoms with E-state index in [2.05, 4.69) is 35.6 Å². The molecule has 1 unspecified atom stereocenters. The van der Waals surface area contributed by atoms with Crippen molar-refractivity contribution in [3.63, 3.8) is 0 Å². The van der Waals surface area contributed by atoms with Crippen molar-refractivity contribution >= 4 is 0 Å². The van der Waals surface area contributed by atoms with Crippen molar-refractivity contribution in [2.45, 2.75) is 51.0 Å². The van der Waals surface area contributed by atoms with Crippen molar-refractivity contribution in [3.05, 3.63) is 89.2 Å². The summed E-state index contributed by atoms with van der Waals surface area (Å²) in [5.41, 5.74) is 3.71. The molecule has 1 N–H and O–H groups in total. The molecule has 0 saturated carbocycles. The molecule has 0 fully saturated rings. The number of hydrogen-bond acceptors (Lipinski definition) is 3. The predicted octanol–water partition coefficient (Wildman–Crippen LogP) is 6.49. The van der Waals surface area contributed by atoms with Crippen LogP contribution in [0.2, 0.25) is 0 Å². The highest BCUT2D eigenvalue weighted by Crippen LogP contribution is 2.33. The highest BCUT2D eigenvalue weighted by atomic mass is 19.1. The topological polar surface area (TPSA) is 30.5 Å². The molecular formula is C28H32FNO2. The van der Waals surface area contributed by atoms with Crippen LogP contribution >= 0.6 is 0 Å². The van der Waals surface area contributed by atoms with E-state index in [0.29, 0.717) is 6.04 Å². The zero-order valence-corrected chi connectivity index (χ0v) is 18.8. The Morgan fingerprint density at radius 3 is 2.62 bits per heavy atom. The first-order valence-corrected chi connectivity index (χ1v) is 11.6. The average molecular weight is 434 g/mol. The number of fused-ring (bicyclic) bond motifs is 4. The van der Waals surface area contributed by atoms with E-state index >= 15 is 0 Å². The van der Waals surface area contributed by atoms with Crippen molar-refractivity contribution in [2.24, 2.45) is 0 Å². The molecule has 4 heteroatoms. The molecule has 4 bridgehead atoms. The van der Waals surface area contributed by atoms with Crippen LogP contribution in [0.3, 0.4) is 0 Å². The van der Waals surface area contributed by atoms with E-state index in [9.17, 15) is 4.39 Å². The Kier molecular flexibility index (Phi) is 7.78. The van der Waals surface area contributed by atoms with E-state index in [1.54, 1.807) is 7.11 Å². The van der Waals surface area contributed by atoms with Crippen molar-refractivity contribution in [2.75, 3.05) is 13.7 Å². The second-order valence-electron chi connectivity index (χ2n) is 8.55. The number of benzene rings is 3. The average Bonchev–Trinajstić information content (AvgIpc) is 2.81. The Morgan fingerprint density at radius 2 is 1.78 bits per heavy atom. The number of rotatable bonds is 5. The summed E-state index contributed by atoms with van der Waals surface area (Å²) in [6.45, 7) is 0.898. The number of ether oxygens (including phenoxy) is 2. The maximum Gasteiger partial charge on any atom is 0.169 e. The smallest absolute Gasteiger partial charge is 0.169 e. The van der Waals surface area contributed by atoms with Crippen LogP contribution in [-0.2, 0) is 19.3 Å². The molecule has 3 aromatic rings. The van der Waals surface area contributed by atoms with Crippen molar-refractivity contribution in [1.29, 1.82) is 0 Å². The number of nitrogens with one attached hydrogen (secondary N) is 1. The summed E-state index contributed by atoms with van der Waals surface area (Å²) >= 11 is 0. The van der Waals surface area contributed by atoms with Crippen LogP contribution in [0.25, 0.3) is 0 Å². The van der Waals surface area contributed by atoms with Gasteiger partial charge in [-0.25, -0.2) is 4.39 Å². The van der Waals surface area contributed by atoms with E-state index in [4.69, 9.17) is 9.47 Å². The van der Waals surface area contributed by atoms with E-state index in [1.807, 2.05) is 24.3 Å². The Balaban J connectivity index is 1.45. The Hall–Kier alpha value is -2.85. The van der Waals surface area contributed by atoms with Gasteiger partial charge in [-0.1, -0.05) is 36.8 Å². The van der Waals surface area contributed by atoms with Crippen LogP contribution in [0.15, 0.2) is 66.7 Å². The zero-order chi connectivity index (χ0) is 22.2. The molecule has 1 heterocycles. The Bertz CT molecular complexity index is 1000. The van der Waals surface area contributed by atoms with Gasteiger partial charge in [-0.05, 0) is 98.2 Å². The number of halogens is 1. The second kappa shape index (κ2) is 11.1. The third-order valence-corrected chi connectivity index (χ3v) is 6.16. The molecule has 0 aliphatic carbocycles. The molecule has 1 aliphatic rings. The molecule has 3 nitrogen and oxygen atoms in total. The fraction of sp³-hybridized carbons (Fsp3) is 0.357. The lowest BCUT2D eigenvalue weighted by Crippen LogP contribution is -2.31. The fourth-order valence-corrected chi connectivity index (χ4v) is 4.33. The van der Waals surface area contributed by atoms with Gasteiger partial charge in [0.2, 0.25) is 0 Å². The van der Waals surface area contributed by atoms with Gasteiger partial charge in [0.15, 0.2) is 11.5 Å². The monoisotopic (exact) mass is 433 g/mol. The lowest BCUT2D eigenvalue weighted by molar-refractivity contribution is 0.377. The van der Waals surface area contributed by atoms with E-state index in [-0.39, 0.29) is 5.82 Å². The SMILES string of the molecule is COc1ccc2cc1Oc1cccc(c1)CCCCC(NCCc1ccc(F)cc1)CC2. The van der Waals surface area contributed by atoms with Crippen LogP contribution in [0, 0.1) is 5.82 Å². The van der Waals surface area contributed by atoms with Crippen molar-refractivity contribution < 1.29 is 13.9 Å². The fourth-order valence-electron chi connectivity index (χ4n) is 4.33. The quantitative estimate of drug-likeness (QED) is 0.499. The van der Waals surface area contributed by atoms with Crippen LogP contribution in [0.5, 0.6) is 17.2 Å². The second-order valence-corrected chi connectivity index (χ2v) is 8.55. The first kappa shape index (κ1) is 22.3. The number of methoxy groups -OCH3 is 1. The molecule has 0 spiro atoms. The van der Waals surface area contributed by atoms with Gasteiger partial charge in [0.25, 0.3) is 0 Å². The highest BCUT2D eigenvalue weighted by Gasteiger charge is 2.13. The predicted molar refractivity (Wildman–Crippen MR) is 127 cm³/mol. The van der Waals surface area contributed by atoms with Crippen molar-refractivity contribution in [1.82, 2.24) is 5.32 Å². The molecule has 3 aromatic carbocycles. The molecule has 0 aromatic heterocycles. The summed E-state index contributed by atoms with van der Waals surface area (Å²) in [5.74, 6) is 2.19. The van der Waals surface area contributed by atoms with Gasteiger partial charge in [-0.3, -0.25) is 0 Å². The minimum absolute atomic E-state index is 0.180. The normalized spacial score (nSPS) is 16.6. The van der Waals surface area contributed by atoms with Gasteiger partial charge in [0.1, 0.15) is 11.6 Å². The molecule has 1 aliphatic heterocycles. The van der Waals surface area contributed by atoms with Crippen LogP contribution in [0.1, 0.15) is 42.4 Å². The molecule has 1 atom stereocenters. The minimum atomic E-state index is -0.180. The first-order chi connectivity index (χ1) is 15.7. The summed E-state index contributed by atoms with van der Waals surface area (Å²) in [5, 5.41) is 3.75. The summed E-state index contributed by atoms with van der Waals surface area (Å²) in [4.78, 5) is 0. The molecule has 168 valence electrons. The van der Waals surface area contributed by atoms with E-state index in [1.165, 1.54) is 29.7 Å². The third-order valence-electron chi connectivity index (χ3n) is 6.16. The van der Waals surface area contributed by atoms with Crippen LogP contribution in [0.4, 0.5) is 4.39 Å². The molecular weight excluding hydrogens is 401 g/mol. The Morgan fingerprint density at radius 1 is 0.938 bits per heavy atom. The molecule has 4 rings (SSSR count). The first-order valence-electron chi connectivity index (χ1n) is 11.6. The largest absolute Gasteiger partial charge is 0.493 e. The number of hydrogen-bond donors (Lipinski definition) is 1. The number of aryl methyl sites for hydroxylation is 2. The third kappa shape index (κ3) is 6.33.